The molecule has 1 amide bonds. The second-order valence-corrected chi connectivity index (χ2v) is 8.92. The number of nitriles is 1. The van der Waals surface area contributed by atoms with Crippen molar-refractivity contribution in [2.24, 2.45) is 0 Å². The molecule has 2 fully saturated rings. The molecule has 2 aliphatic rings. The van der Waals surface area contributed by atoms with Crippen LogP contribution in [0.15, 0.2) is 36.8 Å². The number of aromatic nitrogens is 4. The minimum Gasteiger partial charge on any atom is -0.379 e. The number of halogens is 2. The summed E-state index contributed by atoms with van der Waals surface area (Å²) in [6, 6.07) is 6.81. The first-order chi connectivity index (χ1) is 18.5. The van der Waals surface area contributed by atoms with E-state index in [-0.39, 0.29) is 41.8 Å². The Morgan fingerprint density at radius 1 is 1.18 bits per heavy atom. The van der Waals surface area contributed by atoms with Crippen molar-refractivity contribution in [2.75, 3.05) is 61.5 Å². The Morgan fingerprint density at radius 2 is 2.03 bits per heavy atom. The van der Waals surface area contributed by atoms with Crippen molar-refractivity contribution < 1.29 is 18.3 Å². The van der Waals surface area contributed by atoms with Crippen LogP contribution in [0.25, 0.3) is 11.3 Å². The van der Waals surface area contributed by atoms with E-state index >= 15 is 0 Å². The van der Waals surface area contributed by atoms with Crippen molar-refractivity contribution in [2.45, 2.75) is 12.6 Å². The van der Waals surface area contributed by atoms with E-state index in [1.165, 1.54) is 18.5 Å². The average Bonchev–Trinajstić information content (AvgIpc) is 3.36. The summed E-state index contributed by atoms with van der Waals surface area (Å²) in [5.41, 5.74) is 0.974. The third kappa shape index (κ3) is 5.99. The van der Waals surface area contributed by atoms with Gasteiger partial charge in [-0.3, -0.25) is 9.69 Å². The molecule has 5 heterocycles. The van der Waals surface area contributed by atoms with Crippen molar-refractivity contribution in [3.05, 3.63) is 48.2 Å². The lowest BCUT2D eigenvalue weighted by atomic mass is 10.1. The van der Waals surface area contributed by atoms with Gasteiger partial charge in [0.1, 0.15) is 29.6 Å². The smallest absolute Gasteiger partial charge is 0.239 e. The maximum Gasteiger partial charge on any atom is 0.239 e. The molecule has 0 bridgehead atoms. The first-order valence-corrected chi connectivity index (χ1v) is 12.1. The summed E-state index contributed by atoms with van der Waals surface area (Å²) >= 11 is 0. The normalized spacial score (nSPS) is 17.7. The second-order valence-electron chi connectivity index (χ2n) is 8.92. The molecule has 0 aliphatic carbocycles. The highest BCUT2D eigenvalue weighted by molar-refractivity contribution is 5.91. The zero-order valence-corrected chi connectivity index (χ0v) is 20.4. The maximum atomic E-state index is 14.7. The van der Waals surface area contributed by atoms with Crippen LogP contribution in [0.1, 0.15) is 12.0 Å². The highest BCUT2D eigenvalue weighted by Crippen LogP contribution is 2.29. The van der Waals surface area contributed by atoms with E-state index in [1.807, 2.05) is 4.90 Å². The molecule has 5 rings (SSSR count). The number of morpholine rings is 1. The van der Waals surface area contributed by atoms with E-state index in [1.54, 1.807) is 17.0 Å². The average molecular weight is 522 g/mol. The number of hydrogen-bond donors (Lipinski definition) is 2. The Bertz CT molecular complexity index is 1360. The van der Waals surface area contributed by atoms with Gasteiger partial charge < -0.3 is 20.3 Å². The van der Waals surface area contributed by atoms with Crippen molar-refractivity contribution in [1.29, 1.82) is 5.26 Å². The standard InChI is InChI=1S/C25H25F2N9O2/c26-18-2-4-36(14-18)24-16(11-28)9-17(12-30-24)23-20(27)13-31-25(34-23)32-19-1-3-29-21(10-19)33-22(37)15-35-5-7-38-8-6-35/h1,3,9-10,12-13,18H,2,4-8,14-15H2,(H2,29,31,32,33,34,37)/t18-/m0/s1. The first kappa shape index (κ1) is 25.4. The van der Waals surface area contributed by atoms with E-state index in [4.69, 9.17) is 4.74 Å². The lowest BCUT2D eigenvalue weighted by Crippen LogP contribution is -2.41. The minimum absolute atomic E-state index is 0.0454. The summed E-state index contributed by atoms with van der Waals surface area (Å²) in [5.74, 6) is -0.0851. The van der Waals surface area contributed by atoms with Crippen LogP contribution in [-0.4, -0.2) is 82.9 Å². The number of alkyl halides is 1. The van der Waals surface area contributed by atoms with Gasteiger partial charge in [0.25, 0.3) is 0 Å². The zero-order valence-electron chi connectivity index (χ0n) is 20.4. The molecule has 3 aromatic rings. The van der Waals surface area contributed by atoms with Gasteiger partial charge in [0, 0.05) is 49.3 Å². The van der Waals surface area contributed by atoms with Gasteiger partial charge in [-0.15, -0.1) is 0 Å². The fraction of sp³-hybridized carbons (Fsp3) is 0.360. The molecule has 0 unspecified atom stereocenters. The van der Waals surface area contributed by atoms with Crippen molar-refractivity contribution >= 4 is 29.2 Å². The molecule has 0 saturated carbocycles. The second kappa shape index (κ2) is 11.4. The molecule has 2 saturated heterocycles. The Balaban J connectivity index is 1.30. The topological polar surface area (TPSA) is 132 Å². The van der Waals surface area contributed by atoms with Crippen LogP contribution >= 0.6 is 0 Å². The monoisotopic (exact) mass is 521 g/mol. The highest BCUT2D eigenvalue weighted by Gasteiger charge is 2.25. The number of nitrogens with zero attached hydrogens (tertiary/aromatic N) is 7. The van der Waals surface area contributed by atoms with Gasteiger partial charge in [0.05, 0.1) is 38.1 Å². The van der Waals surface area contributed by atoms with Crippen LogP contribution in [0.2, 0.25) is 0 Å². The summed E-state index contributed by atoms with van der Waals surface area (Å²) in [7, 11) is 0. The van der Waals surface area contributed by atoms with E-state index in [0.717, 1.165) is 6.20 Å². The fourth-order valence-corrected chi connectivity index (χ4v) is 4.31. The number of hydrogen-bond acceptors (Lipinski definition) is 10. The molecule has 2 aliphatic heterocycles. The molecule has 3 aromatic heterocycles. The lowest BCUT2D eigenvalue weighted by molar-refractivity contribution is -0.118. The quantitative estimate of drug-likeness (QED) is 0.478. The third-order valence-corrected chi connectivity index (χ3v) is 6.19. The molecular formula is C25H25F2N9O2. The van der Waals surface area contributed by atoms with Crippen molar-refractivity contribution in [1.82, 2.24) is 24.8 Å². The van der Waals surface area contributed by atoms with Gasteiger partial charge in [-0.05, 0) is 18.6 Å². The predicted molar refractivity (Wildman–Crippen MR) is 135 cm³/mol. The van der Waals surface area contributed by atoms with E-state index in [0.29, 0.717) is 56.6 Å². The number of rotatable bonds is 7. The number of amides is 1. The van der Waals surface area contributed by atoms with Gasteiger partial charge in [-0.25, -0.2) is 28.7 Å². The van der Waals surface area contributed by atoms with Gasteiger partial charge in [0.2, 0.25) is 11.9 Å². The predicted octanol–water partition coefficient (Wildman–Crippen LogP) is 2.51. The number of nitrogens with one attached hydrogen (secondary N) is 2. The molecular weight excluding hydrogens is 496 g/mol. The van der Waals surface area contributed by atoms with E-state index < -0.39 is 12.0 Å². The zero-order chi connectivity index (χ0) is 26.5. The van der Waals surface area contributed by atoms with Crippen LogP contribution in [0.3, 0.4) is 0 Å². The fourth-order valence-electron chi connectivity index (χ4n) is 4.31. The molecule has 1 atom stereocenters. The number of ether oxygens (including phenoxy) is 1. The van der Waals surface area contributed by atoms with Gasteiger partial charge in [-0.2, -0.15) is 5.26 Å². The molecule has 11 nitrogen and oxygen atoms in total. The van der Waals surface area contributed by atoms with E-state index in [9.17, 15) is 18.8 Å². The van der Waals surface area contributed by atoms with Crippen molar-refractivity contribution in [3.8, 4) is 17.3 Å². The summed E-state index contributed by atoms with van der Waals surface area (Å²) in [6.07, 6.45) is 3.34. The van der Waals surface area contributed by atoms with Crippen molar-refractivity contribution in [3.63, 3.8) is 0 Å². The van der Waals surface area contributed by atoms with Crippen LogP contribution in [0, 0.1) is 17.1 Å². The Kier molecular flexibility index (Phi) is 7.62. The van der Waals surface area contributed by atoms with Gasteiger partial charge >= 0.3 is 0 Å². The Hall–Kier alpha value is -4.28. The van der Waals surface area contributed by atoms with Gasteiger partial charge in [-0.1, -0.05) is 0 Å². The molecule has 0 aromatic carbocycles. The Labute approximate surface area is 217 Å². The SMILES string of the molecule is N#Cc1cc(-c2nc(Nc3ccnc(NC(=O)CN4CCOCC4)c3)ncc2F)cnc1N1CC[C@H](F)C1. The number of carbonyl (C=O) groups excluding carboxylic acids is 1. The summed E-state index contributed by atoms with van der Waals surface area (Å²) in [4.78, 5) is 32.9. The highest BCUT2D eigenvalue weighted by atomic mass is 19.1. The first-order valence-electron chi connectivity index (χ1n) is 12.1. The van der Waals surface area contributed by atoms with Crippen LogP contribution in [0.4, 0.5) is 32.1 Å². The summed E-state index contributed by atoms with van der Waals surface area (Å²) in [5, 5.41) is 15.4. The molecule has 0 spiro atoms. The van der Waals surface area contributed by atoms with Crippen LogP contribution in [0.5, 0.6) is 0 Å². The van der Waals surface area contributed by atoms with E-state index in [2.05, 4.69) is 36.6 Å². The number of carbonyl (C=O) groups is 1. The molecule has 38 heavy (non-hydrogen) atoms. The summed E-state index contributed by atoms with van der Waals surface area (Å²) in [6.45, 7) is 3.44. The molecule has 2 N–H and O–H groups in total. The van der Waals surface area contributed by atoms with Crippen LogP contribution < -0.4 is 15.5 Å². The minimum atomic E-state index is -0.970. The maximum absolute atomic E-state index is 14.7. The summed E-state index contributed by atoms with van der Waals surface area (Å²) < 4.78 is 33.6. The number of pyridine rings is 2. The van der Waals surface area contributed by atoms with Crippen LogP contribution in [-0.2, 0) is 9.53 Å². The Morgan fingerprint density at radius 3 is 2.79 bits per heavy atom. The molecule has 0 radical (unpaired) electrons. The number of anilines is 4. The molecule has 196 valence electrons. The largest absolute Gasteiger partial charge is 0.379 e. The lowest BCUT2D eigenvalue weighted by Gasteiger charge is -2.25. The molecule has 13 heteroatoms. The third-order valence-electron chi connectivity index (χ3n) is 6.19. The van der Waals surface area contributed by atoms with Gasteiger partial charge in [0.15, 0.2) is 5.82 Å².